The number of ether oxygens (including phenoxy) is 2. The lowest BCUT2D eigenvalue weighted by atomic mass is 10.0. The number of fused-ring (bicyclic) bond motifs is 1. The van der Waals surface area contributed by atoms with E-state index in [2.05, 4.69) is 21.3 Å². The van der Waals surface area contributed by atoms with Gasteiger partial charge in [0.15, 0.2) is 17.5 Å². The third kappa shape index (κ3) is 6.25. The molecule has 0 radical (unpaired) electrons. The van der Waals surface area contributed by atoms with E-state index in [1.54, 1.807) is 24.3 Å². The van der Waals surface area contributed by atoms with Crippen LogP contribution in [0.15, 0.2) is 41.4 Å². The average molecular weight is 496 g/mol. The Morgan fingerprint density at radius 2 is 1.72 bits per heavy atom. The number of amides is 1. The van der Waals surface area contributed by atoms with Gasteiger partial charge in [0.05, 0.1) is 6.54 Å². The maximum Gasteiger partial charge on any atom is 0.320 e. The zero-order chi connectivity index (χ0) is 25.5. The van der Waals surface area contributed by atoms with Gasteiger partial charge < -0.3 is 30.9 Å². The van der Waals surface area contributed by atoms with Crippen molar-refractivity contribution < 1.29 is 24.2 Å². The van der Waals surface area contributed by atoms with Crippen molar-refractivity contribution in [3.63, 3.8) is 0 Å². The summed E-state index contributed by atoms with van der Waals surface area (Å²) >= 11 is 0. The number of nitrogens with two attached hydrogens (primary N) is 2. The Labute approximate surface area is 210 Å². The smallest absolute Gasteiger partial charge is 0.320 e. The van der Waals surface area contributed by atoms with Crippen LogP contribution >= 0.6 is 0 Å². The molecule has 0 bridgehead atoms. The van der Waals surface area contributed by atoms with E-state index >= 15 is 0 Å². The highest BCUT2D eigenvalue weighted by atomic mass is 16.6. The van der Waals surface area contributed by atoms with Crippen molar-refractivity contribution >= 4 is 23.5 Å². The molecule has 0 saturated carbocycles. The molecule has 0 aliphatic carbocycles. The van der Waals surface area contributed by atoms with Crippen LogP contribution in [-0.2, 0) is 17.8 Å². The van der Waals surface area contributed by atoms with E-state index < -0.39 is 17.9 Å². The summed E-state index contributed by atoms with van der Waals surface area (Å²) in [5.41, 5.74) is 14.7. The van der Waals surface area contributed by atoms with E-state index in [1.165, 1.54) is 12.8 Å². The number of hydrogen-bond acceptors (Lipinski definition) is 7. The molecule has 1 saturated heterocycles. The molecule has 2 aromatic carbocycles. The molecule has 1 fully saturated rings. The van der Waals surface area contributed by atoms with E-state index in [4.69, 9.17) is 26.0 Å². The molecule has 2 aliphatic heterocycles. The Morgan fingerprint density at radius 1 is 1.03 bits per heavy atom. The molecule has 10 heteroatoms. The fourth-order valence-corrected chi connectivity index (χ4v) is 4.45. The van der Waals surface area contributed by atoms with Crippen LogP contribution in [0.5, 0.6) is 11.5 Å². The molecule has 2 aliphatic rings. The first-order valence-electron chi connectivity index (χ1n) is 12.3. The van der Waals surface area contributed by atoms with Crippen molar-refractivity contribution in [3.8, 4) is 11.5 Å². The Bertz CT molecular complexity index is 1110. The second kappa shape index (κ2) is 11.8. The number of carbonyl (C=O) groups excluding carboxylic acids is 1. The summed E-state index contributed by atoms with van der Waals surface area (Å²) in [6.45, 7) is 3.13. The second-order valence-electron chi connectivity index (χ2n) is 8.99. The topological polar surface area (TPSA) is 152 Å². The van der Waals surface area contributed by atoms with Crippen molar-refractivity contribution in [3.05, 3.63) is 53.1 Å². The van der Waals surface area contributed by atoms with Crippen LogP contribution < -0.4 is 31.2 Å². The number of nitrogens with zero attached hydrogens (tertiary/aromatic N) is 2. The lowest BCUT2D eigenvalue weighted by molar-refractivity contribution is -0.138. The summed E-state index contributed by atoms with van der Waals surface area (Å²) in [5.74, 6) is -0.117. The lowest BCUT2D eigenvalue weighted by Gasteiger charge is -2.29. The molecule has 2 aromatic rings. The third-order valence-electron chi connectivity index (χ3n) is 6.37. The monoisotopic (exact) mass is 495 g/mol. The number of anilines is 1. The van der Waals surface area contributed by atoms with Crippen molar-refractivity contribution in [2.45, 2.75) is 44.7 Å². The van der Waals surface area contributed by atoms with E-state index in [0.717, 1.165) is 42.7 Å². The highest BCUT2D eigenvalue weighted by molar-refractivity contribution is 6.05. The molecular formula is C26H33N5O5. The van der Waals surface area contributed by atoms with Crippen LogP contribution in [0.2, 0.25) is 0 Å². The van der Waals surface area contributed by atoms with Gasteiger partial charge in [0.25, 0.3) is 5.91 Å². The average Bonchev–Trinajstić information content (AvgIpc) is 3.17. The van der Waals surface area contributed by atoms with Crippen LogP contribution in [0, 0.1) is 0 Å². The first-order valence-corrected chi connectivity index (χ1v) is 12.3. The number of rotatable bonds is 7. The minimum absolute atomic E-state index is 0.00637. The quantitative estimate of drug-likeness (QED) is 0.336. The number of guanidine groups is 1. The summed E-state index contributed by atoms with van der Waals surface area (Å²) in [4.78, 5) is 30.4. The lowest BCUT2D eigenvalue weighted by Crippen LogP contribution is -2.37. The van der Waals surface area contributed by atoms with E-state index in [9.17, 15) is 9.59 Å². The zero-order valence-corrected chi connectivity index (χ0v) is 20.2. The first-order chi connectivity index (χ1) is 17.4. The number of nitrogens with one attached hydrogen (secondary N) is 1. The number of carboxylic acids is 1. The number of carboxylic acid groups (broad SMARTS) is 1. The maximum absolute atomic E-state index is 12.6. The molecule has 1 amide bonds. The first kappa shape index (κ1) is 25.3. The van der Waals surface area contributed by atoms with Crippen molar-refractivity contribution in [2.75, 3.05) is 31.2 Å². The van der Waals surface area contributed by atoms with Gasteiger partial charge >= 0.3 is 5.97 Å². The normalized spacial score (nSPS) is 16.7. The van der Waals surface area contributed by atoms with E-state index in [0.29, 0.717) is 30.3 Å². The van der Waals surface area contributed by atoms with E-state index in [-0.39, 0.29) is 18.9 Å². The Kier molecular flexibility index (Phi) is 8.27. The molecule has 1 atom stereocenters. The molecule has 192 valence electrons. The van der Waals surface area contributed by atoms with Crippen LogP contribution in [0.4, 0.5) is 5.69 Å². The fourth-order valence-electron chi connectivity index (χ4n) is 4.45. The minimum Gasteiger partial charge on any atom is -0.486 e. The van der Waals surface area contributed by atoms with Crippen molar-refractivity contribution in [1.82, 2.24) is 5.32 Å². The van der Waals surface area contributed by atoms with Gasteiger partial charge in [-0.3, -0.25) is 14.9 Å². The molecule has 2 heterocycles. The molecule has 6 N–H and O–H groups in total. The SMILES string of the molecule is NC(=NCc1c(N2CCCCCC2)ccc2c1OCCO2)NC(=O)c1ccc(CC(N)C(=O)O)cc1. The van der Waals surface area contributed by atoms with Crippen LogP contribution in [0.25, 0.3) is 0 Å². The largest absolute Gasteiger partial charge is 0.486 e. The van der Waals surface area contributed by atoms with Crippen LogP contribution in [-0.4, -0.2) is 55.3 Å². The van der Waals surface area contributed by atoms with Crippen molar-refractivity contribution in [2.24, 2.45) is 16.5 Å². The van der Waals surface area contributed by atoms with Gasteiger partial charge in [-0.05, 0) is 49.1 Å². The highest BCUT2D eigenvalue weighted by Crippen LogP contribution is 2.40. The van der Waals surface area contributed by atoms with Gasteiger partial charge in [-0.25, -0.2) is 4.99 Å². The summed E-state index contributed by atoms with van der Waals surface area (Å²) in [6, 6.07) is 9.55. The predicted molar refractivity (Wildman–Crippen MR) is 137 cm³/mol. The van der Waals surface area contributed by atoms with Gasteiger partial charge in [-0.15, -0.1) is 0 Å². The summed E-state index contributed by atoms with van der Waals surface area (Å²) in [5, 5.41) is 11.6. The Hall–Kier alpha value is -3.79. The molecule has 0 aromatic heterocycles. The predicted octanol–water partition coefficient (Wildman–Crippen LogP) is 2.04. The number of aliphatic carboxylic acids is 1. The molecular weight excluding hydrogens is 462 g/mol. The standard InChI is InChI=1S/C26H33N5O5/c27-20(25(33)34)15-17-5-7-18(8-6-17)24(32)30-26(28)29-16-19-21(31-11-3-1-2-4-12-31)9-10-22-23(19)36-14-13-35-22/h5-10,20H,1-4,11-16,27H2,(H,33,34)(H3,28,29,30,32). The van der Waals surface area contributed by atoms with Gasteiger partial charge in [0.1, 0.15) is 19.3 Å². The highest BCUT2D eigenvalue weighted by Gasteiger charge is 2.23. The summed E-state index contributed by atoms with van der Waals surface area (Å²) < 4.78 is 11.7. The van der Waals surface area contributed by atoms with E-state index in [1.807, 2.05) is 6.07 Å². The Balaban J connectivity index is 1.47. The van der Waals surface area contributed by atoms with Crippen LogP contribution in [0.1, 0.15) is 47.2 Å². The van der Waals surface area contributed by atoms with Gasteiger partial charge in [-0.1, -0.05) is 25.0 Å². The maximum atomic E-state index is 12.6. The molecule has 4 rings (SSSR count). The molecule has 36 heavy (non-hydrogen) atoms. The minimum atomic E-state index is -1.07. The molecule has 0 spiro atoms. The van der Waals surface area contributed by atoms with Crippen LogP contribution in [0.3, 0.4) is 0 Å². The molecule has 10 nitrogen and oxygen atoms in total. The Morgan fingerprint density at radius 3 is 2.42 bits per heavy atom. The number of hydrogen-bond donors (Lipinski definition) is 4. The van der Waals surface area contributed by atoms with Crippen molar-refractivity contribution in [1.29, 1.82) is 0 Å². The van der Waals surface area contributed by atoms with Gasteiger partial charge in [0.2, 0.25) is 0 Å². The number of benzene rings is 2. The zero-order valence-electron chi connectivity index (χ0n) is 20.2. The summed E-state index contributed by atoms with van der Waals surface area (Å²) in [7, 11) is 0. The van der Waals surface area contributed by atoms with Gasteiger partial charge in [-0.2, -0.15) is 0 Å². The second-order valence-corrected chi connectivity index (χ2v) is 8.99. The number of carbonyl (C=O) groups is 2. The number of aliphatic imine (C=N–C) groups is 1. The summed E-state index contributed by atoms with van der Waals surface area (Å²) in [6.07, 6.45) is 4.89. The van der Waals surface area contributed by atoms with Gasteiger partial charge in [0, 0.05) is 29.9 Å². The molecule has 1 unspecified atom stereocenters. The third-order valence-corrected chi connectivity index (χ3v) is 6.37. The fraction of sp³-hybridized carbons (Fsp3) is 0.423.